The van der Waals surface area contributed by atoms with Crippen LogP contribution in [0.1, 0.15) is 5.76 Å². The number of guanidine groups is 1. The fourth-order valence-corrected chi connectivity index (χ4v) is 3.53. The monoisotopic (exact) mass is 344 g/mol. The first-order chi connectivity index (χ1) is 11.9. The normalized spacial score (nSPS) is 15.6. The van der Waals surface area contributed by atoms with Crippen LogP contribution in [0.25, 0.3) is 0 Å². The number of rotatable bonds is 6. The lowest BCUT2D eigenvalue weighted by Crippen LogP contribution is -2.52. The lowest BCUT2D eigenvalue weighted by molar-refractivity contribution is 0.374. The minimum Gasteiger partial charge on any atom is -0.469 e. The predicted molar refractivity (Wildman–Crippen MR) is 101 cm³/mol. The third-order valence-corrected chi connectivity index (χ3v) is 4.93. The molecule has 1 aliphatic heterocycles. The maximum Gasteiger partial charge on any atom is 0.194 e. The van der Waals surface area contributed by atoms with Crippen molar-refractivity contribution in [3.63, 3.8) is 0 Å². The topological polar surface area (TPSA) is 44.0 Å². The highest BCUT2D eigenvalue weighted by molar-refractivity contribution is 7.14. The van der Waals surface area contributed by atoms with Crippen molar-refractivity contribution < 1.29 is 4.42 Å². The van der Waals surface area contributed by atoms with Gasteiger partial charge < -0.3 is 19.5 Å². The van der Waals surface area contributed by atoms with Crippen LogP contribution in [0.15, 0.2) is 58.0 Å². The molecule has 0 saturated carbocycles. The highest BCUT2D eigenvalue weighted by Gasteiger charge is 2.20. The van der Waals surface area contributed by atoms with Crippen molar-refractivity contribution in [1.29, 1.82) is 0 Å². The Morgan fingerprint density at radius 1 is 1.29 bits per heavy atom. The lowest BCUT2D eigenvalue weighted by Gasteiger charge is -2.37. The molecule has 0 aliphatic carbocycles. The van der Waals surface area contributed by atoms with Crippen LogP contribution >= 0.6 is 11.3 Å². The number of furan rings is 1. The molecule has 0 radical (unpaired) electrons. The molecule has 0 atom stereocenters. The average molecular weight is 344 g/mol. The predicted octanol–water partition coefficient (Wildman–Crippen LogP) is 2.84. The molecule has 3 heterocycles. The number of nitrogens with zero attached hydrogens (tertiary/aromatic N) is 3. The van der Waals surface area contributed by atoms with Crippen LogP contribution in [0.3, 0.4) is 0 Å². The van der Waals surface area contributed by atoms with Gasteiger partial charge >= 0.3 is 0 Å². The Balaban J connectivity index is 1.56. The van der Waals surface area contributed by atoms with Crippen molar-refractivity contribution in [3.05, 3.63) is 54.3 Å². The van der Waals surface area contributed by atoms with E-state index in [0.29, 0.717) is 0 Å². The second-order valence-corrected chi connectivity index (χ2v) is 6.56. The van der Waals surface area contributed by atoms with E-state index in [1.807, 2.05) is 18.2 Å². The smallest absolute Gasteiger partial charge is 0.194 e. The minimum absolute atomic E-state index is 0.720. The number of hydrogen-bond acceptors (Lipinski definition) is 4. The van der Waals surface area contributed by atoms with Crippen molar-refractivity contribution in [2.45, 2.75) is 6.42 Å². The van der Waals surface area contributed by atoms with Crippen LogP contribution < -0.4 is 10.2 Å². The van der Waals surface area contributed by atoms with Crippen LogP contribution in [0.2, 0.25) is 0 Å². The Labute approximate surface area is 147 Å². The first kappa shape index (κ1) is 16.6. The number of thiophene rings is 1. The fourth-order valence-electron chi connectivity index (χ4n) is 2.75. The molecule has 1 aliphatic rings. The van der Waals surface area contributed by atoms with E-state index in [-0.39, 0.29) is 0 Å². The molecule has 24 heavy (non-hydrogen) atoms. The third-order valence-electron chi connectivity index (χ3n) is 4.00. The van der Waals surface area contributed by atoms with Crippen LogP contribution in [-0.2, 0) is 6.42 Å². The Morgan fingerprint density at radius 3 is 2.83 bits per heavy atom. The van der Waals surface area contributed by atoms with Gasteiger partial charge in [-0.25, -0.2) is 0 Å². The van der Waals surface area contributed by atoms with Gasteiger partial charge in [-0.05, 0) is 29.6 Å². The Hall–Kier alpha value is -2.21. The summed E-state index contributed by atoms with van der Waals surface area (Å²) in [6.07, 6.45) is 4.39. The third kappa shape index (κ3) is 4.41. The molecular formula is C18H24N4OS. The molecule has 3 rings (SSSR count). The van der Waals surface area contributed by atoms with Crippen molar-refractivity contribution in [2.24, 2.45) is 4.99 Å². The SMILES string of the molecule is C=CCNC(=NCCc1ccco1)N1CCN(c2cccs2)CC1. The number of aliphatic imine (C=N–C) groups is 1. The molecule has 0 aromatic carbocycles. The molecule has 0 spiro atoms. The van der Waals surface area contributed by atoms with E-state index in [0.717, 1.165) is 57.4 Å². The Kier molecular flexibility index (Phi) is 5.96. The highest BCUT2D eigenvalue weighted by Crippen LogP contribution is 2.22. The number of hydrogen-bond donors (Lipinski definition) is 1. The Bertz CT molecular complexity index is 628. The maximum atomic E-state index is 5.37. The van der Waals surface area contributed by atoms with Crippen molar-refractivity contribution in [1.82, 2.24) is 10.2 Å². The van der Waals surface area contributed by atoms with E-state index in [1.165, 1.54) is 5.00 Å². The van der Waals surface area contributed by atoms with Gasteiger partial charge in [0.2, 0.25) is 0 Å². The van der Waals surface area contributed by atoms with Gasteiger partial charge in [-0.3, -0.25) is 4.99 Å². The van der Waals surface area contributed by atoms with Crippen LogP contribution in [0.4, 0.5) is 5.00 Å². The summed E-state index contributed by atoms with van der Waals surface area (Å²) in [4.78, 5) is 9.52. The lowest BCUT2D eigenvalue weighted by atomic mass is 10.3. The molecule has 6 heteroatoms. The molecule has 0 amide bonds. The van der Waals surface area contributed by atoms with E-state index in [1.54, 1.807) is 17.6 Å². The standard InChI is InChI=1S/C18H24N4OS/c1-2-8-19-18(20-9-7-16-5-3-14-23-16)22-12-10-21(11-13-22)17-6-4-15-24-17/h2-6,14-15H,1,7-13H2,(H,19,20). The highest BCUT2D eigenvalue weighted by atomic mass is 32.1. The second-order valence-electron chi connectivity index (χ2n) is 5.63. The average Bonchev–Trinajstić information content (AvgIpc) is 3.32. The quantitative estimate of drug-likeness (QED) is 0.497. The molecule has 2 aromatic heterocycles. The van der Waals surface area contributed by atoms with E-state index in [2.05, 4.69) is 39.2 Å². The van der Waals surface area contributed by atoms with Gasteiger partial charge in [-0.1, -0.05) is 6.08 Å². The van der Waals surface area contributed by atoms with Crippen LogP contribution in [0.5, 0.6) is 0 Å². The van der Waals surface area contributed by atoms with Crippen LogP contribution in [0, 0.1) is 0 Å². The van der Waals surface area contributed by atoms with E-state index in [4.69, 9.17) is 9.41 Å². The molecule has 128 valence electrons. The number of anilines is 1. The van der Waals surface area contributed by atoms with Gasteiger partial charge in [0.05, 0.1) is 11.3 Å². The number of piperazine rings is 1. The van der Waals surface area contributed by atoms with E-state index >= 15 is 0 Å². The second kappa shape index (κ2) is 8.59. The Morgan fingerprint density at radius 2 is 2.17 bits per heavy atom. The van der Waals surface area contributed by atoms with Crippen molar-refractivity contribution in [3.8, 4) is 0 Å². The summed E-state index contributed by atoms with van der Waals surface area (Å²) in [6, 6.07) is 8.21. The summed E-state index contributed by atoms with van der Waals surface area (Å²) < 4.78 is 5.37. The number of nitrogens with one attached hydrogen (secondary N) is 1. The van der Waals surface area contributed by atoms with Gasteiger partial charge in [0.1, 0.15) is 5.76 Å². The molecule has 1 fully saturated rings. The first-order valence-corrected chi connectivity index (χ1v) is 9.20. The molecule has 1 saturated heterocycles. The first-order valence-electron chi connectivity index (χ1n) is 8.32. The van der Waals surface area contributed by atoms with E-state index in [9.17, 15) is 0 Å². The van der Waals surface area contributed by atoms with Crippen molar-refractivity contribution >= 4 is 22.3 Å². The maximum absolute atomic E-state index is 5.37. The summed E-state index contributed by atoms with van der Waals surface area (Å²) in [5, 5.41) is 6.87. The minimum atomic E-state index is 0.720. The summed E-state index contributed by atoms with van der Waals surface area (Å²) >= 11 is 1.80. The fraction of sp³-hybridized carbons (Fsp3) is 0.389. The largest absolute Gasteiger partial charge is 0.469 e. The molecule has 0 unspecified atom stereocenters. The molecule has 2 aromatic rings. The van der Waals surface area contributed by atoms with E-state index < -0.39 is 0 Å². The van der Waals surface area contributed by atoms with Gasteiger partial charge in [0.15, 0.2) is 5.96 Å². The van der Waals surface area contributed by atoms with Gasteiger partial charge in [0.25, 0.3) is 0 Å². The summed E-state index contributed by atoms with van der Waals surface area (Å²) in [7, 11) is 0. The zero-order chi connectivity index (χ0) is 16.6. The molecular weight excluding hydrogens is 320 g/mol. The van der Waals surface area contributed by atoms with Gasteiger partial charge in [-0.2, -0.15) is 0 Å². The zero-order valence-corrected chi connectivity index (χ0v) is 14.7. The van der Waals surface area contributed by atoms with Gasteiger partial charge in [-0.15, -0.1) is 17.9 Å². The summed E-state index contributed by atoms with van der Waals surface area (Å²) in [6.45, 7) is 9.22. The molecule has 5 nitrogen and oxygen atoms in total. The van der Waals surface area contributed by atoms with Gasteiger partial charge in [0, 0.05) is 45.7 Å². The molecule has 0 bridgehead atoms. The summed E-state index contributed by atoms with van der Waals surface area (Å²) in [5.41, 5.74) is 0. The van der Waals surface area contributed by atoms with Crippen molar-refractivity contribution in [2.75, 3.05) is 44.2 Å². The zero-order valence-electron chi connectivity index (χ0n) is 13.9. The van der Waals surface area contributed by atoms with Crippen LogP contribution in [-0.4, -0.2) is 50.1 Å². The summed E-state index contributed by atoms with van der Waals surface area (Å²) in [5.74, 6) is 1.94. The molecule has 1 N–H and O–H groups in total.